The van der Waals surface area contributed by atoms with Crippen molar-refractivity contribution in [3.8, 4) is 11.5 Å². The average molecular weight is 292 g/mol. The van der Waals surface area contributed by atoms with Crippen molar-refractivity contribution < 1.29 is 14.3 Å². The van der Waals surface area contributed by atoms with E-state index in [9.17, 15) is 4.79 Å². The van der Waals surface area contributed by atoms with E-state index in [2.05, 4.69) is 5.32 Å². The summed E-state index contributed by atoms with van der Waals surface area (Å²) in [5.74, 6) is 1.56. The number of carbonyl (C=O) groups is 1. The standard InChI is InChI=1S/C16H24N2O3/c1-12(16(19)18-7-5-4-6-8-18)17-13-9-14(20-2)11-15(10-13)21-3/h9-12,17H,4-8H2,1-3H3/t12-/m1/s1. The van der Waals surface area contributed by atoms with Gasteiger partial charge in [0, 0.05) is 37.0 Å². The Balaban J connectivity index is 2.04. The van der Waals surface area contributed by atoms with Gasteiger partial charge in [0.1, 0.15) is 17.5 Å². The summed E-state index contributed by atoms with van der Waals surface area (Å²) in [6.07, 6.45) is 3.43. The first kappa shape index (κ1) is 15.5. The molecule has 0 unspecified atom stereocenters. The number of piperidine rings is 1. The fourth-order valence-corrected chi connectivity index (χ4v) is 2.59. The van der Waals surface area contributed by atoms with Crippen LogP contribution < -0.4 is 14.8 Å². The molecule has 1 amide bonds. The number of nitrogens with one attached hydrogen (secondary N) is 1. The summed E-state index contributed by atoms with van der Waals surface area (Å²) in [6, 6.07) is 5.27. The van der Waals surface area contributed by atoms with Crippen LogP contribution in [0.2, 0.25) is 0 Å². The van der Waals surface area contributed by atoms with Crippen molar-refractivity contribution in [2.45, 2.75) is 32.2 Å². The van der Waals surface area contributed by atoms with Gasteiger partial charge in [0.05, 0.1) is 14.2 Å². The summed E-state index contributed by atoms with van der Waals surface area (Å²) in [4.78, 5) is 14.4. The summed E-state index contributed by atoms with van der Waals surface area (Å²) < 4.78 is 10.5. The minimum atomic E-state index is -0.264. The number of hydrogen-bond acceptors (Lipinski definition) is 4. The first-order valence-corrected chi connectivity index (χ1v) is 7.42. The topological polar surface area (TPSA) is 50.8 Å². The molecule has 116 valence electrons. The zero-order valence-corrected chi connectivity index (χ0v) is 13.0. The normalized spacial score (nSPS) is 16.2. The van der Waals surface area contributed by atoms with Gasteiger partial charge in [0.2, 0.25) is 5.91 Å². The van der Waals surface area contributed by atoms with Gasteiger partial charge in [-0.3, -0.25) is 4.79 Å². The number of hydrogen-bond donors (Lipinski definition) is 1. The Labute approximate surface area is 126 Å². The van der Waals surface area contributed by atoms with Crippen LogP contribution in [-0.4, -0.2) is 44.2 Å². The zero-order chi connectivity index (χ0) is 15.2. The van der Waals surface area contributed by atoms with Gasteiger partial charge in [-0.15, -0.1) is 0 Å². The van der Waals surface area contributed by atoms with Gasteiger partial charge >= 0.3 is 0 Å². The summed E-state index contributed by atoms with van der Waals surface area (Å²) in [5, 5.41) is 3.24. The van der Waals surface area contributed by atoms with E-state index in [-0.39, 0.29) is 11.9 Å². The first-order valence-electron chi connectivity index (χ1n) is 7.42. The van der Waals surface area contributed by atoms with E-state index in [1.54, 1.807) is 14.2 Å². The van der Waals surface area contributed by atoms with Crippen molar-refractivity contribution >= 4 is 11.6 Å². The van der Waals surface area contributed by atoms with E-state index in [0.29, 0.717) is 11.5 Å². The largest absolute Gasteiger partial charge is 0.497 e. The zero-order valence-electron chi connectivity index (χ0n) is 13.0. The van der Waals surface area contributed by atoms with Crippen LogP contribution in [0.5, 0.6) is 11.5 Å². The second-order valence-electron chi connectivity index (χ2n) is 5.35. The quantitative estimate of drug-likeness (QED) is 0.906. The molecule has 1 aromatic rings. The Bertz CT molecular complexity index is 462. The molecule has 2 rings (SSSR count). The Morgan fingerprint density at radius 2 is 1.67 bits per heavy atom. The summed E-state index contributed by atoms with van der Waals surface area (Å²) in [5.41, 5.74) is 0.823. The third kappa shape index (κ3) is 4.03. The van der Waals surface area contributed by atoms with Crippen molar-refractivity contribution in [1.29, 1.82) is 0 Å². The minimum absolute atomic E-state index is 0.150. The molecule has 5 heteroatoms. The molecule has 21 heavy (non-hydrogen) atoms. The van der Waals surface area contributed by atoms with Gasteiger partial charge in [-0.2, -0.15) is 0 Å². The number of rotatable bonds is 5. The van der Waals surface area contributed by atoms with Crippen molar-refractivity contribution in [2.24, 2.45) is 0 Å². The Hall–Kier alpha value is -1.91. The van der Waals surface area contributed by atoms with E-state index in [1.165, 1.54) is 6.42 Å². The molecule has 1 N–H and O–H groups in total. The molecular weight excluding hydrogens is 268 g/mol. The lowest BCUT2D eigenvalue weighted by atomic mass is 10.1. The second-order valence-corrected chi connectivity index (χ2v) is 5.35. The van der Waals surface area contributed by atoms with Gasteiger partial charge in [-0.1, -0.05) is 0 Å². The maximum absolute atomic E-state index is 12.4. The van der Waals surface area contributed by atoms with Crippen molar-refractivity contribution in [2.75, 3.05) is 32.6 Å². The molecule has 1 fully saturated rings. The fourth-order valence-electron chi connectivity index (χ4n) is 2.59. The fraction of sp³-hybridized carbons (Fsp3) is 0.562. The van der Waals surface area contributed by atoms with Crippen LogP contribution in [0, 0.1) is 0 Å². The van der Waals surface area contributed by atoms with Gasteiger partial charge in [-0.05, 0) is 26.2 Å². The van der Waals surface area contributed by atoms with Gasteiger partial charge < -0.3 is 19.7 Å². The lowest BCUT2D eigenvalue weighted by Gasteiger charge is -2.29. The molecule has 0 spiro atoms. The highest BCUT2D eigenvalue weighted by molar-refractivity contribution is 5.84. The molecule has 0 aliphatic carbocycles. The van der Waals surface area contributed by atoms with E-state index in [1.807, 2.05) is 30.0 Å². The number of ether oxygens (including phenoxy) is 2. The predicted molar refractivity (Wildman–Crippen MR) is 83.1 cm³/mol. The molecule has 1 aliphatic heterocycles. The Kier molecular flexibility index (Phi) is 5.31. The monoisotopic (exact) mass is 292 g/mol. The lowest BCUT2D eigenvalue weighted by Crippen LogP contribution is -2.43. The van der Waals surface area contributed by atoms with Crippen LogP contribution in [0.1, 0.15) is 26.2 Å². The highest BCUT2D eigenvalue weighted by atomic mass is 16.5. The number of methoxy groups -OCH3 is 2. The molecule has 1 aromatic carbocycles. The molecule has 1 heterocycles. The summed E-state index contributed by atoms with van der Waals surface area (Å²) in [6.45, 7) is 3.63. The third-order valence-corrected chi connectivity index (χ3v) is 3.77. The van der Waals surface area contributed by atoms with Crippen LogP contribution in [0.15, 0.2) is 18.2 Å². The minimum Gasteiger partial charge on any atom is -0.497 e. The molecule has 0 saturated carbocycles. The van der Waals surface area contributed by atoms with Crippen LogP contribution in [0.25, 0.3) is 0 Å². The number of carbonyl (C=O) groups excluding carboxylic acids is 1. The van der Waals surface area contributed by atoms with Crippen LogP contribution in [0.3, 0.4) is 0 Å². The lowest BCUT2D eigenvalue weighted by molar-refractivity contribution is -0.132. The molecule has 5 nitrogen and oxygen atoms in total. The number of amides is 1. The molecule has 1 aliphatic rings. The number of benzene rings is 1. The van der Waals surface area contributed by atoms with Crippen molar-refractivity contribution in [3.05, 3.63) is 18.2 Å². The van der Waals surface area contributed by atoms with E-state index in [4.69, 9.17) is 9.47 Å². The maximum atomic E-state index is 12.4. The summed E-state index contributed by atoms with van der Waals surface area (Å²) in [7, 11) is 3.22. The highest BCUT2D eigenvalue weighted by Gasteiger charge is 2.22. The SMILES string of the molecule is COc1cc(N[C@H](C)C(=O)N2CCCCC2)cc(OC)c1. The number of anilines is 1. The molecular formula is C16H24N2O3. The molecule has 1 atom stereocenters. The molecule has 1 saturated heterocycles. The van der Waals surface area contributed by atoms with E-state index < -0.39 is 0 Å². The van der Waals surface area contributed by atoms with Crippen molar-refractivity contribution in [1.82, 2.24) is 4.90 Å². The van der Waals surface area contributed by atoms with Gasteiger partial charge in [0.15, 0.2) is 0 Å². The van der Waals surface area contributed by atoms with Gasteiger partial charge in [0.25, 0.3) is 0 Å². The Morgan fingerprint density at radius 1 is 1.10 bits per heavy atom. The van der Waals surface area contributed by atoms with Crippen LogP contribution in [0.4, 0.5) is 5.69 Å². The summed E-state index contributed by atoms with van der Waals surface area (Å²) >= 11 is 0. The van der Waals surface area contributed by atoms with E-state index in [0.717, 1.165) is 31.6 Å². The molecule has 0 bridgehead atoms. The first-order chi connectivity index (χ1) is 10.1. The molecule has 0 aromatic heterocycles. The van der Waals surface area contributed by atoms with E-state index >= 15 is 0 Å². The second kappa shape index (κ2) is 7.20. The number of nitrogens with zero attached hydrogens (tertiary/aromatic N) is 1. The predicted octanol–water partition coefficient (Wildman–Crippen LogP) is 2.52. The smallest absolute Gasteiger partial charge is 0.244 e. The van der Waals surface area contributed by atoms with Crippen LogP contribution >= 0.6 is 0 Å². The maximum Gasteiger partial charge on any atom is 0.244 e. The van der Waals surface area contributed by atoms with Gasteiger partial charge in [-0.25, -0.2) is 0 Å². The average Bonchev–Trinajstić information content (AvgIpc) is 2.54. The van der Waals surface area contributed by atoms with Crippen LogP contribution in [-0.2, 0) is 4.79 Å². The molecule has 0 radical (unpaired) electrons. The van der Waals surface area contributed by atoms with Crippen molar-refractivity contribution in [3.63, 3.8) is 0 Å². The third-order valence-electron chi connectivity index (χ3n) is 3.77. The number of likely N-dealkylation sites (tertiary alicyclic amines) is 1. The highest BCUT2D eigenvalue weighted by Crippen LogP contribution is 2.26. The Morgan fingerprint density at radius 3 is 2.19 bits per heavy atom.